The zero-order valence-corrected chi connectivity index (χ0v) is 42.4. The number of imidazole rings is 2. The molecule has 2 saturated heterocycles. The van der Waals surface area contributed by atoms with Gasteiger partial charge < -0.3 is 48.3 Å². The van der Waals surface area contributed by atoms with E-state index in [1.165, 1.54) is 49.9 Å². The second kappa shape index (κ2) is 20.9. The largest absolute Gasteiger partial charge is 0.509 e. The number of benzene rings is 4. The molecule has 0 aliphatic carbocycles. The number of ether oxygens (including phenoxy) is 2. The van der Waals surface area contributed by atoms with E-state index in [-0.39, 0.29) is 42.1 Å². The maximum Gasteiger partial charge on any atom is 0.268 e. The summed E-state index contributed by atoms with van der Waals surface area (Å²) in [6.45, 7) is 4.17. The van der Waals surface area contributed by atoms with Crippen molar-refractivity contribution in [3.05, 3.63) is 183 Å². The quantitative estimate of drug-likeness (QED) is 0.0935. The third-order valence-corrected chi connectivity index (χ3v) is 12.5. The van der Waals surface area contributed by atoms with Gasteiger partial charge in [0, 0.05) is 103 Å². The molecule has 0 bridgehead atoms. The van der Waals surface area contributed by atoms with Crippen molar-refractivity contribution in [2.75, 3.05) is 36.0 Å². The van der Waals surface area contributed by atoms with Gasteiger partial charge in [-0.1, -0.05) is 85.2 Å². The first kappa shape index (κ1) is 46.7. The Bertz CT molecular complexity index is 3210. The van der Waals surface area contributed by atoms with Crippen LogP contribution in [-0.4, -0.2) is 55.2 Å². The summed E-state index contributed by atoms with van der Waals surface area (Å²) in [6.07, 6.45) is 24.6. The molecule has 354 valence electrons. The number of nitrogens with zero attached hydrogens (tertiary/aromatic N) is 10. The van der Waals surface area contributed by atoms with E-state index in [1.807, 2.05) is 21.3 Å². The molecule has 12 rings (SSSR count). The fourth-order valence-corrected chi connectivity index (χ4v) is 9.35. The number of hydrogen-bond donors (Lipinski definition) is 0. The minimum absolute atomic E-state index is 0. The minimum atomic E-state index is 0. The molecule has 0 radical (unpaired) electrons. The summed E-state index contributed by atoms with van der Waals surface area (Å²) in [4.78, 5) is 23.2. The average Bonchev–Trinajstić information content (AvgIpc) is 3.99. The predicted octanol–water partition coefficient (Wildman–Crippen LogP) is 9.74. The number of anilines is 2. The third-order valence-electron chi connectivity index (χ3n) is 12.5. The number of hydrogen-bond acceptors (Lipinski definition) is 8. The molecule has 0 saturated carbocycles. The molecule has 4 aromatic carbocycles. The van der Waals surface area contributed by atoms with Crippen LogP contribution < -0.4 is 28.4 Å². The van der Waals surface area contributed by atoms with Crippen LogP contribution in [0.3, 0.4) is 0 Å². The summed E-state index contributed by atoms with van der Waals surface area (Å²) < 4.78 is 20.9. The van der Waals surface area contributed by atoms with Crippen molar-refractivity contribution in [1.29, 1.82) is 0 Å². The van der Waals surface area contributed by atoms with E-state index in [9.17, 15) is 0 Å². The van der Waals surface area contributed by atoms with Gasteiger partial charge in [-0.2, -0.15) is 12.1 Å². The molecule has 2 aliphatic heterocycles. The Morgan fingerprint density at radius 3 is 1.26 bits per heavy atom. The molecule has 70 heavy (non-hydrogen) atoms. The first-order chi connectivity index (χ1) is 33.7. The van der Waals surface area contributed by atoms with Crippen molar-refractivity contribution < 1.29 is 60.7 Å². The molecule has 0 atom stereocenters. The molecule has 0 N–H and O–H groups in total. The summed E-state index contributed by atoms with van der Waals surface area (Å²) in [5.74, 6) is 1.64. The zero-order chi connectivity index (χ0) is 45.2. The van der Waals surface area contributed by atoms with E-state index < -0.39 is 0 Å². The van der Waals surface area contributed by atoms with Gasteiger partial charge in [0.2, 0.25) is 0 Å². The topological polar surface area (TPSA) is 94.1 Å². The average molecular weight is 1280 g/mol. The van der Waals surface area contributed by atoms with E-state index in [4.69, 9.17) is 9.47 Å². The molecule has 2 aliphatic rings. The number of para-hydroxylation sites is 8. The Labute approximate surface area is 435 Å². The molecule has 14 heteroatoms. The standard InChI is InChI=1S/C56H44N10O2.2Pt/c1-11-27-61(28-12-1)49-15-3-5-17-51(49)65-39-63(53-19-7-9-21-55(53)65)41-31-45(37-57-35-41)67-43-23-25-59-47(33-43)48-34-44(24-26-60-48)68-46-32-42(36-58-38-46)64-40-66(56-22-10-8-20-54(56)64)52-18-6-4-16-50(52)62-29-13-2-14-30-62;;/h3-10,15-26,35-38H,1-2,11-14,27-30H2;;/q-4;;. The Hall–Kier alpha value is -7.00. The summed E-state index contributed by atoms with van der Waals surface area (Å²) in [5.41, 5.74) is 10.7. The van der Waals surface area contributed by atoms with Gasteiger partial charge in [-0.15, -0.1) is 35.7 Å². The number of pyridine rings is 4. The van der Waals surface area contributed by atoms with E-state index in [0.717, 1.165) is 59.6 Å². The van der Waals surface area contributed by atoms with Gasteiger partial charge in [-0.3, -0.25) is 9.13 Å². The second-order valence-electron chi connectivity index (χ2n) is 16.9. The summed E-state index contributed by atoms with van der Waals surface area (Å²) in [7, 11) is 0. The fraction of sp³-hybridized carbons (Fsp3) is 0.179. The Morgan fingerprint density at radius 1 is 0.414 bits per heavy atom. The number of rotatable bonds is 11. The number of aromatic nitrogens is 8. The van der Waals surface area contributed by atoms with Crippen molar-refractivity contribution in [3.8, 4) is 57.1 Å². The smallest absolute Gasteiger partial charge is 0.268 e. The van der Waals surface area contributed by atoms with Crippen molar-refractivity contribution >= 4 is 33.4 Å². The van der Waals surface area contributed by atoms with Crippen molar-refractivity contribution in [3.63, 3.8) is 0 Å². The van der Waals surface area contributed by atoms with Crippen LogP contribution in [0.2, 0.25) is 0 Å². The van der Waals surface area contributed by atoms with Gasteiger partial charge in [0.1, 0.15) is 0 Å². The van der Waals surface area contributed by atoms with Crippen molar-refractivity contribution in [2.45, 2.75) is 38.5 Å². The molecular formula is C56H44N10O2Pt2-4. The van der Waals surface area contributed by atoms with Gasteiger partial charge in [-0.25, -0.2) is 0 Å². The molecule has 12 nitrogen and oxygen atoms in total. The Kier molecular flexibility index (Phi) is 14.0. The maximum atomic E-state index is 6.33. The summed E-state index contributed by atoms with van der Waals surface area (Å²) in [5, 5.41) is 0. The van der Waals surface area contributed by atoms with E-state index in [0.29, 0.717) is 45.8 Å². The van der Waals surface area contributed by atoms with E-state index >= 15 is 0 Å². The van der Waals surface area contributed by atoms with Crippen LogP contribution in [0.15, 0.2) is 146 Å². The zero-order valence-electron chi connectivity index (χ0n) is 37.8. The molecule has 2 fully saturated rings. The molecule has 10 aromatic rings. The molecule has 6 aromatic heterocycles. The van der Waals surface area contributed by atoms with E-state index in [1.54, 1.807) is 49.3 Å². The van der Waals surface area contributed by atoms with Gasteiger partial charge in [0.25, 0.3) is 12.7 Å². The van der Waals surface area contributed by atoms with Gasteiger partial charge in [0.05, 0.1) is 33.4 Å². The summed E-state index contributed by atoms with van der Waals surface area (Å²) >= 11 is 0. The van der Waals surface area contributed by atoms with Crippen molar-refractivity contribution in [2.24, 2.45) is 0 Å². The first-order valence-corrected chi connectivity index (χ1v) is 23.2. The van der Waals surface area contributed by atoms with Crippen LogP contribution >= 0.6 is 0 Å². The summed E-state index contributed by atoms with van der Waals surface area (Å²) in [6, 6.07) is 50.5. The molecule has 0 unspecified atom stereocenters. The fourth-order valence-electron chi connectivity index (χ4n) is 9.35. The normalized spacial score (nSPS) is 13.7. The van der Waals surface area contributed by atoms with Gasteiger partial charge in [-0.05, 0) is 99.0 Å². The Balaban J connectivity index is 0.00000284. The van der Waals surface area contributed by atoms with Crippen LogP contribution in [0.4, 0.5) is 11.4 Å². The number of fused-ring (bicyclic) bond motifs is 2. The molecule has 0 amide bonds. The van der Waals surface area contributed by atoms with Crippen LogP contribution in [-0.2, 0) is 42.1 Å². The van der Waals surface area contributed by atoms with E-state index in [2.05, 4.69) is 161 Å². The maximum absolute atomic E-state index is 6.33. The third kappa shape index (κ3) is 9.38. The minimum Gasteiger partial charge on any atom is -0.509 e. The second-order valence-corrected chi connectivity index (χ2v) is 16.9. The SMILES string of the molecule is [Pt].[Pt].[c-]1c(Oc2[c-]c(-c3[c-]c(Oc4[c-]c(-[n+]5[c-]n(-c6ccccc6N6CCCCC6)c6ccccc65)cnc4)ccn3)ncc2)cncc1-[n+]1[c-]n(-c2ccccc2N2CCCCC2)c2ccccc21. The molecule has 8 heterocycles. The predicted molar refractivity (Wildman–Crippen MR) is 258 cm³/mol. The van der Waals surface area contributed by atoms with Crippen LogP contribution in [0.1, 0.15) is 38.5 Å². The van der Waals surface area contributed by atoms with Gasteiger partial charge in [0.15, 0.2) is 0 Å². The number of piperidine rings is 2. The van der Waals surface area contributed by atoms with Crippen LogP contribution in [0, 0.1) is 36.9 Å². The van der Waals surface area contributed by atoms with Gasteiger partial charge >= 0.3 is 0 Å². The van der Waals surface area contributed by atoms with Crippen LogP contribution in [0.5, 0.6) is 23.0 Å². The molecule has 0 spiro atoms. The first-order valence-electron chi connectivity index (χ1n) is 23.2. The monoisotopic (exact) mass is 1280 g/mol. The van der Waals surface area contributed by atoms with Crippen LogP contribution in [0.25, 0.3) is 56.2 Å². The van der Waals surface area contributed by atoms with Crippen molar-refractivity contribution in [1.82, 2.24) is 29.1 Å². The Morgan fingerprint density at radius 2 is 0.814 bits per heavy atom. The molecular weight excluding hydrogens is 1230 g/mol.